The summed E-state index contributed by atoms with van der Waals surface area (Å²) in [6, 6.07) is 13.6. The Morgan fingerprint density at radius 2 is 1.93 bits per heavy atom. The summed E-state index contributed by atoms with van der Waals surface area (Å²) in [6.07, 6.45) is 0. The Morgan fingerprint density at radius 1 is 1.21 bits per heavy atom. The van der Waals surface area contributed by atoms with Gasteiger partial charge in [-0.1, -0.05) is 36.0 Å². The van der Waals surface area contributed by atoms with Gasteiger partial charge in [-0.15, -0.1) is 10.2 Å². The number of alkyl halides is 2. The second kappa shape index (κ2) is 9.84. The number of thioether (sulfide) groups is 1. The molecule has 0 atom stereocenters. The van der Waals surface area contributed by atoms with E-state index < -0.39 is 6.61 Å². The molecule has 2 aromatic carbocycles. The maximum atomic E-state index is 12.3. The minimum absolute atomic E-state index is 0.0746. The molecule has 0 bridgehead atoms. The molecule has 0 spiro atoms. The fourth-order valence-electron chi connectivity index (χ4n) is 2.38. The number of amides is 1. The Labute approximate surface area is 178 Å². The van der Waals surface area contributed by atoms with Crippen molar-refractivity contribution in [3.63, 3.8) is 0 Å². The summed E-state index contributed by atoms with van der Waals surface area (Å²) < 4.78 is 35.1. The van der Waals surface area contributed by atoms with Crippen molar-refractivity contribution in [3.8, 4) is 17.2 Å². The van der Waals surface area contributed by atoms with E-state index in [4.69, 9.17) is 4.42 Å². The molecule has 0 aliphatic rings. The maximum absolute atomic E-state index is 12.3. The Morgan fingerprint density at radius 3 is 2.62 bits per heavy atom. The molecule has 3 rings (SSSR count). The summed E-state index contributed by atoms with van der Waals surface area (Å²) in [4.78, 5) is 13.9. The number of carbonyl (C=O) groups is 1. The van der Waals surface area contributed by atoms with Crippen molar-refractivity contribution >= 4 is 33.6 Å². The fraction of sp³-hybridized carbons (Fsp3) is 0.211. The zero-order valence-electron chi connectivity index (χ0n) is 15.2. The van der Waals surface area contributed by atoms with Crippen LogP contribution in [0.1, 0.15) is 5.56 Å². The highest BCUT2D eigenvalue weighted by atomic mass is 79.9. The molecule has 29 heavy (non-hydrogen) atoms. The van der Waals surface area contributed by atoms with E-state index in [0.29, 0.717) is 17.7 Å². The lowest BCUT2D eigenvalue weighted by Gasteiger charge is -2.17. The van der Waals surface area contributed by atoms with Crippen LogP contribution < -0.4 is 4.74 Å². The number of hydrogen-bond acceptors (Lipinski definition) is 6. The number of hydrogen-bond donors (Lipinski definition) is 0. The van der Waals surface area contributed by atoms with Crippen LogP contribution in [0.5, 0.6) is 5.75 Å². The lowest BCUT2D eigenvalue weighted by molar-refractivity contribution is -0.127. The lowest BCUT2D eigenvalue weighted by atomic mass is 10.2. The summed E-state index contributed by atoms with van der Waals surface area (Å²) in [5.74, 6) is 0.432. The Bertz CT molecular complexity index is 969. The average Bonchev–Trinajstić information content (AvgIpc) is 3.16. The van der Waals surface area contributed by atoms with Crippen molar-refractivity contribution in [2.75, 3.05) is 12.8 Å². The van der Waals surface area contributed by atoms with Gasteiger partial charge in [0.25, 0.3) is 5.22 Å². The van der Waals surface area contributed by atoms with Gasteiger partial charge in [-0.25, -0.2) is 0 Å². The molecule has 6 nitrogen and oxygen atoms in total. The average molecular weight is 484 g/mol. The molecule has 0 saturated carbocycles. The first kappa shape index (κ1) is 21.3. The van der Waals surface area contributed by atoms with Gasteiger partial charge in [0.1, 0.15) is 5.75 Å². The monoisotopic (exact) mass is 483 g/mol. The molecule has 0 N–H and O–H groups in total. The van der Waals surface area contributed by atoms with Crippen LogP contribution in [0.3, 0.4) is 0 Å². The number of halogens is 3. The smallest absolute Gasteiger partial charge is 0.387 e. The largest absolute Gasteiger partial charge is 0.435 e. The third kappa shape index (κ3) is 6.01. The highest BCUT2D eigenvalue weighted by Gasteiger charge is 2.15. The van der Waals surface area contributed by atoms with Crippen LogP contribution in [0.25, 0.3) is 11.5 Å². The zero-order chi connectivity index (χ0) is 20.8. The van der Waals surface area contributed by atoms with Gasteiger partial charge in [0, 0.05) is 18.1 Å². The summed E-state index contributed by atoms with van der Waals surface area (Å²) in [5.41, 5.74) is 1.57. The van der Waals surface area contributed by atoms with E-state index >= 15 is 0 Å². The van der Waals surface area contributed by atoms with Crippen LogP contribution in [-0.2, 0) is 11.3 Å². The SMILES string of the molecule is CN(Cc1ccc(OC(F)F)cc1)C(=O)CSc1nnc(-c2ccccc2Br)o1. The van der Waals surface area contributed by atoms with Crippen molar-refractivity contribution in [1.29, 1.82) is 0 Å². The first-order chi connectivity index (χ1) is 13.9. The standard InChI is InChI=1S/C19H16BrF2N3O3S/c1-25(10-12-6-8-13(9-7-12)27-18(21)22)16(26)11-29-19-24-23-17(28-19)14-4-2-3-5-15(14)20/h2-9,18H,10-11H2,1H3. The summed E-state index contributed by atoms with van der Waals surface area (Å²) in [5, 5.41) is 8.27. The molecular weight excluding hydrogens is 468 g/mol. The van der Waals surface area contributed by atoms with Gasteiger partial charge in [-0.3, -0.25) is 4.79 Å². The van der Waals surface area contributed by atoms with Crippen LogP contribution in [-0.4, -0.2) is 40.4 Å². The predicted molar refractivity (Wildman–Crippen MR) is 108 cm³/mol. The zero-order valence-corrected chi connectivity index (χ0v) is 17.6. The molecule has 1 amide bonds. The van der Waals surface area contributed by atoms with Crippen molar-refractivity contribution < 1.29 is 22.7 Å². The Kier molecular flexibility index (Phi) is 7.21. The molecule has 0 saturated heterocycles. The van der Waals surface area contributed by atoms with Gasteiger partial charge in [0.2, 0.25) is 11.8 Å². The molecule has 0 radical (unpaired) electrons. The molecule has 0 aliphatic heterocycles. The molecule has 0 fully saturated rings. The van der Waals surface area contributed by atoms with Crippen LogP contribution >= 0.6 is 27.7 Å². The number of benzene rings is 2. The van der Waals surface area contributed by atoms with Crippen LogP contribution in [0.15, 0.2) is 62.6 Å². The van der Waals surface area contributed by atoms with Crippen molar-refractivity contribution in [2.45, 2.75) is 18.4 Å². The molecule has 1 aromatic heterocycles. The quantitative estimate of drug-likeness (QED) is 0.426. The topological polar surface area (TPSA) is 68.5 Å². The number of nitrogens with zero attached hydrogens (tertiary/aromatic N) is 3. The summed E-state index contributed by atoms with van der Waals surface area (Å²) in [7, 11) is 1.66. The highest BCUT2D eigenvalue weighted by molar-refractivity contribution is 9.10. The van der Waals surface area contributed by atoms with Crippen LogP contribution in [0.4, 0.5) is 8.78 Å². The maximum Gasteiger partial charge on any atom is 0.387 e. The normalized spacial score (nSPS) is 10.9. The Balaban J connectivity index is 1.52. The molecule has 1 heterocycles. The molecular formula is C19H16BrF2N3O3S. The first-order valence-electron chi connectivity index (χ1n) is 8.41. The molecule has 10 heteroatoms. The third-order valence-corrected chi connectivity index (χ3v) is 5.32. The van der Waals surface area contributed by atoms with E-state index in [0.717, 1.165) is 27.4 Å². The fourth-order valence-corrected chi connectivity index (χ4v) is 3.54. The number of carbonyl (C=O) groups excluding carboxylic acids is 1. The summed E-state index contributed by atoms with van der Waals surface area (Å²) in [6.45, 7) is -2.53. The van der Waals surface area contributed by atoms with Crippen LogP contribution in [0, 0.1) is 0 Å². The minimum Gasteiger partial charge on any atom is -0.435 e. The van der Waals surface area contributed by atoms with E-state index in [2.05, 4.69) is 30.9 Å². The lowest BCUT2D eigenvalue weighted by Crippen LogP contribution is -2.27. The van der Waals surface area contributed by atoms with Crippen molar-refractivity contribution in [2.24, 2.45) is 0 Å². The summed E-state index contributed by atoms with van der Waals surface area (Å²) >= 11 is 4.58. The van der Waals surface area contributed by atoms with E-state index in [1.54, 1.807) is 19.2 Å². The molecule has 0 unspecified atom stereocenters. The van der Waals surface area contributed by atoms with E-state index in [1.807, 2.05) is 24.3 Å². The van der Waals surface area contributed by atoms with Crippen molar-refractivity contribution in [1.82, 2.24) is 15.1 Å². The number of aromatic nitrogens is 2. The molecule has 3 aromatic rings. The van der Waals surface area contributed by atoms with Crippen LogP contribution in [0.2, 0.25) is 0 Å². The number of rotatable bonds is 8. The minimum atomic E-state index is -2.87. The van der Waals surface area contributed by atoms with E-state index in [-0.39, 0.29) is 17.4 Å². The van der Waals surface area contributed by atoms with Gasteiger partial charge < -0.3 is 14.1 Å². The van der Waals surface area contributed by atoms with Gasteiger partial charge in [-0.05, 0) is 45.8 Å². The predicted octanol–water partition coefficient (Wildman–Crippen LogP) is 4.85. The molecule has 0 aliphatic carbocycles. The van der Waals surface area contributed by atoms with E-state index in [9.17, 15) is 13.6 Å². The first-order valence-corrected chi connectivity index (χ1v) is 10.2. The highest BCUT2D eigenvalue weighted by Crippen LogP contribution is 2.29. The molecule has 152 valence electrons. The van der Waals surface area contributed by atoms with Gasteiger partial charge in [0.15, 0.2) is 0 Å². The van der Waals surface area contributed by atoms with Gasteiger partial charge >= 0.3 is 6.61 Å². The Hall–Kier alpha value is -2.46. The van der Waals surface area contributed by atoms with Gasteiger partial charge in [0.05, 0.1) is 11.3 Å². The van der Waals surface area contributed by atoms with Gasteiger partial charge in [-0.2, -0.15) is 8.78 Å². The second-order valence-corrected chi connectivity index (χ2v) is 7.69. The number of ether oxygens (including phenoxy) is 1. The van der Waals surface area contributed by atoms with E-state index in [1.165, 1.54) is 17.0 Å². The third-order valence-electron chi connectivity index (χ3n) is 3.82. The van der Waals surface area contributed by atoms with Crippen molar-refractivity contribution in [3.05, 3.63) is 58.6 Å². The second-order valence-electron chi connectivity index (χ2n) is 5.91.